The molecule has 0 radical (unpaired) electrons. The molecule has 0 aliphatic carbocycles. The average Bonchev–Trinajstić information content (AvgIpc) is 2.94. The van der Waals surface area contributed by atoms with Gasteiger partial charge in [0.2, 0.25) is 8.53 Å². The largest absolute Gasteiger partial charge is 0.395 e. The molecule has 3 atom stereocenters. The summed E-state index contributed by atoms with van der Waals surface area (Å²) in [4.78, 5) is 12.9. The third-order valence-electron chi connectivity index (χ3n) is 3.24. The molecule has 114 valence electrons. The molecule has 0 spiro atoms. The Balaban J connectivity index is 0.000000154. The van der Waals surface area contributed by atoms with Crippen molar-refractivity contribution in [2.45, 2.75) is 18.6 Å². The van der Waals surface area contributed by atoms with E-state index in [1.54, 1.807) is 0 Å². The normalized spacial score (nSPS) is 22.6. The SMILES string of the molecule is NP(O)OC1CCN[C@@H]1CO.c1ccc2ncccc2c1. The number of aromatic nitrogens is 1. The monoisotopic (exact) mass is 309 g/mol. The van der Waals surface area contributed by atoms with Crippen LogP contribution < -0.4 is 10.8 Å². The molecule has 1 aromatic heterocycles. The number of aliphatic hydroxyl groups excluding tert-OH is 1. The first kappa shape index (κ1) is 16.2. The van der Waals surface area contributed by atoms with Gasteiger partial charge >= 0.3 is 0 Å². The van der Waals surface area contributed by atoms with Crippen LogP contribution in [-0.2, 0) is 4.52 Å². The van der Waals surface area contributed by atoms with E-state index in [0.717, 1.165) is 18.5 Å². The number of benzene rings is 1. The summed E-state index contributed by atoms with van der Waals surface area (Å²) in [6, 6.07) is 12.0. The Bertz CT molecular complexity index is 490. The Hall–Kier alpha value is -1.14. The van der Waals surface area contributed by atoms with E-state index >= 15 is 0 Å². The van der Waals surface area contributed by atoms with Gasteiger partial charge in [-0.15, -0.1) is 0 Å². The van der Waals surface area contributed by atoms with E-state index in [-0.39, 0.29) is 18.8 Å². The summed E-state index contributed by atoms with van der Waals surface area (Å²) in [6.45, 7) is 0.826. The van der Waals surface area contributed by atoms with E-state index < -0.39 is 8.53 Å². The van der Waals surface area contributed by atoms with Crippen molar-refractivity contribution in [3.63, 3.8) is 0 Å². The van der Waals surface area contributed by atoms with Gasteiger partial charge < -0.3 is 19.8 Å². The lowest BCUT2D eigenvalue weighted by Gasteiger charge is -2.18. The van der Waals surface area contributed by atoms with Crippen LogP contribution in [0.15, 0.2) is 42.6 Å². The molecule has 2 heterocycles. The molecule has 0 amide bonds. The molecule has 6 nitrogen and oxygen atoms in total. The number of nitrogens with two attached hydrogens (primary N) is 1. The molecule has 7 heteroatoms. The summed E-state index contributed by atoms with van der Waals surface area (Å²) in [6.07, 6.45) is 2.46. The minimum Gasteiger partial charge on any atom is -0.395 e. The molecule has 2 unspecified atom stereocenters. The second-order valence-electron chi connectivity index (χ2n) is 4.67. The van der Waals surface area contributed by atoms with Crippen LogP contribution in [0.5, 0.6) is 0 Å². The molecule has 21 heavy (non-hydrogen) atoms. The molecule has 1 fully saturated rings. The zero-order valence-corrected chi connectivity index (χ0v) is 12.5. The van der Waals surface area contributed by atoms with Crippen molar-refractivity contribution in [1.82, 2.24) is 10.3 Å². The van der Waals surface area contributed by atoms with E-state index in [4.69, 9.17) is 20.0 Å². The third-order valence-corrected chi connectivity index (χ3v) is 3.72. The van der Waals surface area contributed by atoms with Gasteiger partial charge in [0.05, 0.1) is 24.3 Å². The Morgan fingerprint density at radius 2 is 2.10 bits per heavy atom. The van der Waals surface area contributed by atoms with E-state index in [1.165, 1.54) is 5.39 Å². The lowest BCUT2D eigenvalue weighted by Crippen LogP contribution is -2.34. The Kier molecular flexibility index (Phi) is 6.45. The van der Waals surface area contributed by atoms with Crippen molar-refractivity contribution in [3.8, 4) is 0 Å². The zero-order valence-electron chi connectivity index (χ0n) is 11.6. The average molecular weight is 309 g/mol. The first-order valence-corrected chi connectivity index (χ1v) is 8.03. The summed E-state index contributed by atoms with van der Waals surface area (Å²) in [7, 11) is -1.79. The van der Waals surface area contributed by atoms with Crippen molar-refractivity contribution < 1.29 is 14.5 Å². The van der Waals surface area contributed by atoms with Gasteiger partial charge in [0.1, 0.15) is 0 Å². The number of hydrogen-bond donors (Lipinski definition) is 4. The van der Waals surface area contributed by atoms with Gasteiger partial charge in [0.25, 0.3) is 0 Å². The van der Waals surface area contributed by atoms with Crippen molar-refractivity contribution in [2.75, 3.05) is 13.2 Å². The fourth-order valence-corrected chi connectivity index (χ4v) is 2.74. The number of para-hydroxylation sites is 1. The van der Waals surface area contributed by atoms with Gasteiger partial charge in [0, 0.05) is 11.6 Å². The van der Waals surface area contributed by atoms with Crippen molar-refractivity contribution in [3.05, 3.63) is 42.6 Å². The number of fused-ring (bicyclic) bond motifs is 1. The Labute approximate surface area is 124 Å². The highest BCUT2D eigenvalue weighted by molar-refractivity contribution is 7.43. The minimum atomic E-state index is -1.79. The summed E-state index contributed by atoms with van der Waals surface area (Å²) >= 11 is 0. The maximum absolute atomic E-state index is 8.79. The highest BCUT2D eigenvalue weighted by Gasteiger charge is 2.28. The molecular weight excluding hydrogens is 289 g/mol. The van der Waals surface area contributed by atoms with Crippen molar-refractivity contribution in [2.24, 2.45) is 5.50 Å². The van der Waals surface area contributed by atoms with E-state index in [0.29, 0.717) is 0 Å². The van der Waals surface area contributed by atoms with Gasteiger partial charge in [-0.05, 0) is 25.1 Å². The number of hydrogen-bond acceptors (Lipinski definition) is 6. The van der Waals surface area contributed by atoms with Crippen LogP contribution in [0, 0.1) is 0 Å². The van der Waals surface area contributed by atoms with E-state index in [1.807, 2.05) is 30.5 Å². The minimum absolute atomic E-state index is 0.0217. The zero-order chi connectivity index (χ0) is 15.1. The number of nitrogens with one attached hydrogen (secondary N) is 1. The predicted molar refractivity (Wildman–Crippen MR) is 83.4 cm³/mol. The first-order valence-electron chi connectivity index (χ1n) is 6.75. The van der Waals surface area contributed by atoms with Crippen LogP contribution in [0.4, 0.5) is 0 Å². The topological polar surface area (TPSA) is 101 Å². The van der Waals surface area contributed by atoms with Crippen LogP contribution in [0.25, 0.3) is 10.9 Å². The quantitative estimate of drug-likeness (QED) is 0.634. The number of nitrogens with zero attached hydrogens (tertiary/aromatic N) is 1. The molecule has 1 saturated heterocycles. The van der Waals surface area contributed by atoms with E-state index in [9.17, 15) is 0 Å². The van der Waals surface area contributed by atoms with Crippen LogP contribution in [0.2, 0.25) is 0 Å². The van der Waals surface area contributed by atoms with Crippen LogP contribution >= 0.6 is 8.53 Å². The van der Waals surface area contributed by atoms with Gasteiger partial charge in [0.15, 0.2) is 0 Å². The molecule has 0 saturated carbocycles. The lowest BCUT2D eigenvalue weighted by molar-refractivity contribution is 0.141. The van der Waals surface area contributed by atoms with Crippen LogP contribution in [0.1, 0.15) is 6.42 Å². The maximum Gasteiger partial charge on any atom is 0.250 e. The van der Waals surface area contributed by atoms with Gasteiger partial charge in [-0.1, -0.05) is 24.3 Å². The van der Waals surface area contributed by atoms with Crippen molar-refractivity contribution in [1.29, 1.82) is 0 Å². The highest BCUT2D eigenvalue weighted by atomic mass is 31.2. The molecule has 1 aliphatic rings. The Morgan fingerprint density at radius 3 is 2.81 bits per heavy atom. The standard InChI is InChI=1S/C9H7N.C5H13N2O3P/c1-2-6-9-8(4-1)5-3-7-10-9;6-11(9)10-5-1-2-7-4(5)3-8/h1-7H;4-5,7-9H,1-3,6H2/t;4-,5?,11?/m.1/s1. The molecule has 2 aromatic rings. The van der Waals surface area contributed by atoms with Gasteiger partial charge in [-0.2, -0.15) is 0 Å². The molecular formula is C14H20N3O3P. The molecule has 5 N–H and O–H groups in total. The molecule has 1 aliphatic heterocycles. The van der Waals surface area contributed by atoms with Crippen LogP contribution in [-0.4, -0.2) is 40.3 Å². The molecule has 1 aromatic carbocycles. The highest BCUT2D eigenvalue weighted by Crippen LogP contribution is 2.27. The lowest BCUT2D eigenvalue weighted by atomic mass is 10.2. The van der Waals surface area contributed by atoms with Crippen LogP contribution in [0.3, 0.4) is 0 Å². The summed E-state index contributed by atoms with van der Waals surface area (Å²) in [5.41, 5.74) is 6.14. The second kappa shape index (κ2) is 8.34. The number of pyridine rings is 1. The fraction of sp³-hybridized carbons (Fsp3) is 0.357. The third kappa shape index (κ3) is 4.97. The number of aliphatic hydroxyl groups is 1. The maximum atomic E-state index is 8.79. The van der Waals surface area contributed by atoms with Gasteiger partial charge in [-0.3, -0.25) is 10.5 Å². The smallest absolute Gasteiger partial charge is 0.250 e. The Morgan fingerprint density at radius 1 is 1.33 bits per heavy atom. The summed E-state index contributed by atoms with van der Waals surface area (Å²) < 4.78 is 4.99. The fourth-order valence-electron chi connectivity index (χ4n) is 2.21. The molecule has 3 rings (SSSR count). The summed E-state index contributed by atoms with van der Waals surface area (Å²) in [5, 5.41) is 13.0. The summed E-state index contributed by atoms with van der Waals surface area (Å²) in [5.74, 6) is 0. The first-order chi connectivity index (χ1) is 10.2. The van der Waals surface area contributed by atoms with Crippen molar-refractivity contribution >= 4 is 19.4 Å². The second-order valence-corrected chi connectivity index (χ2v) is 5.49. The van der Waals surface area contributed by atoms with E-state index in [2.05, 4.69) is 22.4 Å². The van der Waals surface area contributed by atoms with Gasteiger partial charge in [-0.25, -0.2) is 0 Å². The predicted octanol–water partition coefficient (Wildman–Crippen LogP) is 1.14. The number of rotatable bonds is 3. The molecule has 0 bridgehead atoms.